The van der Waals surface area contributed by atoms with Crippen LogP contribution in [0.3, 0.4) is 0 Å². The summed E-state index contributed by atoms with van der Waals surface area (Å²) in [6.45, 7) is 6.11. The summed E-state index contributed by atoms with van der Waals surface area (Å²) in [5.74, 6) is 0. The second-order valence-electron chi connectivity index (χ2n) is 1.73. The van der Waals surface area contributed by atoms with Crippen LogP contribution < -0.4 is 5.32 Å². The Labute approximate surface area is 49.6 Å². The molecule has 0 aromatic rings. The molecule has 1 nitrogen and oxygen atoms in total. The van der Waals surface area contributed by atoms with Crippen LogP contribution in [0.25, 0.3) is 0 Å². The zero-order valence-electron chi connectivity index (χ0n) is 5.15. The average molecular weight is 117 g/mol. The van der Waals surface area contributed by atoms with Crippen LogP contribution in [0.5, 0.6) is 0 Å². The SMILES string of the molecule is C=CCNCC(C)F. The van der Waals surface area contributed by atoms with E-state index in [-0.39, 0.29) is 0 Å². The van der Waals surface area contributed by atoms with E-state index in [2.05, 4.69) is 11.9 Å². The largest absolute Gasteiger partial charge is 0.310 e. The molecular weight excluding hydrogens is 105 g/mol. The highest BCUT2D eigenvalue weighted by atomic mass is 19.1. The second-order valence-corrected chi connectivity index (χ2v) is 1.73. The van der Waals surface area contributed by atoms with Crippen LogP contribution in [0.2, 0.25) is 0 Å². The van der Waals surface area contributed by atoms with E-state index >= 15 is 0 Å². The lowest BCUT2D eigenvalue weighted by Crippen LogP contribution is -2.21. The Hall–Kier alpha value is -0.370. The van der Waals surface area contributed by atoms with Crippen molar-refractivity contribution >= 4 is 0 Å². The van der Waals surface area contributed by atoms with Crippen LogP contribution in [0, 0.1) is 0 Å². The summed E-state index contributed by atoms with van der Waals surface area (Å²) in [5.41, 5.74) is 0. The fourth-order valence-corrected chi connectivity index (χ4v) is 0.384. The van der Waals surface area contributed by atoms with Gasteiger partial charge in [0.15, 0.2) is 0 Å². The minimum Gasteiger partial charge on any atom is -0.310 e. The standard InChI is InChI=1S/C6H12FN/c1-3-4-8-5-6(2)7/h3,6,8H,1,4-5H2,2H3. The summed E-state index contributed by atoms with van der Waals surface area (Å²) >= 11 is 0. The van der Waals surface area contributed by atoms with Gasteiger partial charge in [-0.3, -0.25) is 0 Å². The lowest BCUT2D eigenvalue weighted by Gasteiger charge is -1.99. The molecule has 0 radical (unpaired) electrons. The smallest absolute Gasteiger partial charge is 0.110 e. The highest BCUT2D eigenvalue weighted by Crippen LogP contribution is 1.81. The minimum atomic E-state index is -0.755. The van der Waals surface area contributed by atoms with Crippen LogP contribution in [0.1, 0.15) is 6.92 Å². The van der Waals surface area contributed by atoms with Gasteiger partial charge in [0.2, 0.25) is 0 Å². The third-order valence-corrected chi connectivity index (χ3v) is 0.714. The molecule has 0 heterocycles. The second kappa shape index (κ2) is 4.78. The van der Waals surface area contributed by atoms with Gasteiger partial charge in [-0.2, -0.15) is 0 Å². The van der Waals surface area contributed by atoms with Crippen molar-refractivity contribution in [3.63, 3.8) is 0 Å². The first-order chi connectivity index (χ1) is 3.77. The molecule has 1 atom stereocenters. The predicted molar refractivity (Wildman–Crippen MR) is 33.6 cm³/mol. The van der Waals surface area contributed by atoms with Gasteiger partial charge in [0.25, 0.3) is 0 Å². The molecule has 0 saturated carbocycles. The Morgan fingerprint density at radius 1 is 1.88 bits per heavy atom. The van der Waals surface area contributed by atoms with Gasteiger partial charge in [-0.05, 0) is 6.92 Å². The molecule has 0 aliphatic carbocycles. The van der Waals surface area contributed by atoms with E-state index in [1.54, 1.807) is 6.08 Å². The van der Waals surface area contributed by atoms with E-state index in [0.29, 0.717) is 13.1 Å². The van der Waals surface area contributed by atoms with Gasteiger partial charge in [-0.1, -0.05) is 6.08 Å². The topological polar surface area (TPSA) is 12.0 Å². The number of rotatable bonds is 4. The molecule has 0 rings (SSSR count). The average Bonchev–Trinajstić information content (AvgIpc) is 1.66. The first kappa shape index (κ1) is 7.63. The summed E-state index contributed by atoms with van der Waals surface area (Å²) in [4.78, 5) is 0. The van der Waals surface area contributed by atoms with E-state index in [0.717, 1.165) is 0 Å². The Bertz CT molecular complexity index is 61.5. The highest BCUT2D eigenvalue weighted by Gasteiger charge is 1.92. The van der Waals surface area contributed by atoms with Crippen LogP contribution in [-0.4, -0.2) is 19.3 Å². The molecule has 8 heavy (non-hydrogen) atoms. The number of alkyl halides is 1. The maximum Gasteiger partial charge on any atom is 0.110 e. The van der Waals surface area contributed by atoms with Crippen molar-refractivity contribution in [3.05, 3.63) is 12.7 Å². The van der Waals surface area contributed by atoms with E-state index in [1.165, 1.54) is 6.92 Å². The summed E-state index contributed by atoms with van der Waals surface area (Å²) < 4.78 is 11.9. The number of halogens is 1. The zero-order chi connectivity index (χ0) is 6.41. The van der Waals surface area contributed by atoms with Crippen molar-refractivity contribution in [2.24, 2.45) is 0 Å². The molecule has 0 bridgehead atoms. The number of nitrogens with one attached hydrogen (secondary N) is 1. The van der Waals surface area contributed by atoms with Crippen LogP contribution in [0.4, 0.5) is 4.39 Å². The molecule has 1 unspecified atom stereocenters. The Morgan fingerprint density at radius 3 is 2.88 bits per heavy atom. The quantitative estimate of drug-likeness (QED) is 0.430. The summed E-state index contributed by atoms with van der Waals surface area (Å²) in [6, 6.07) is 0. The third kappa shape index (κ3) is 5.63. The molecule has 0 aliphatic heterocycles. The Morgan fingerprint density at radius 2 is 2.50 bits per heavy atom. The lowest BCUT2D eigenvalue weighted by atomic mass is 10.4. The fourth-order valence-electron chi connectivity index (χ4n) is 0.384. The number of hydrogen-bond acceptors (Lipinski definition) is 1. The third-order valence-electron chi connectivity index (χ3n) is 0.714. The molecule has 2 heteroatoms. The molecule has 0 saturated heterocycles. The van der Waals surface area contributed by atoms with Gasteiger partial charge < -0.3 is 5.32 Å². The fraction of sp³-hybridized carbons (Fsp3) is 0.667. The van der Waals surface area contributed by atoms with Gasteiger partial charge >= 0.3 is 0 Å². The Balaban J connectivity index is 2.81. The normalized spacial score (nSPS) is 13.2. The van der Waals surface area contributed by atoms with Gasteiger partial charge in [0.05, 0.1) is 0 Å². The highest BCUT2D eigenvalue weighted by molar-refractivity contribution is 4.70. The molecular formula is C6H12FN. The molecule has 0 fully saturated rings. The van der Waals surface area contributed by atoms with Gasteiger partial charge in [-0.15, -0.1) is 6.58 Å². The van der Waals surface area contributed by atoms with Crippen LogP contribution >= 0.6 is 0 Å². The maximum atomic E-state index is 11.9. The van der Waals surface area contributed by atoms with E-state index in [9.17, 15) is 4.39 Å². The molecule has 0 aromatic carbocycles. The van der Waals surface area contributed by atoms with Gasteiger partial charge in [0.1, 0.15) is 6.17 Å². The molecule has 0 aromatic heterocycles. The van der Waals surface area contributed by atoms with Crippen LogP contribution in [0.15, 0.2) is 12.7 Å². The molecule has 1 N–H and O–H groups in total. The monoisotopic (exact) mass is 117 g/mol. The number of hydrogen-bond donors (Lipinski definition) is 1. The van der Waals surface area contributed by atoms with Crippen molar-refractivity contribution in [2.75, 3.05) is 13.1 Å². The first-order valence-corrected chi connectivity index (χ1v) is 2.73. The summed E-state index contributed by atoms with van der Waals surface area (Å²) in [6.07, 6.45) is 0.956. The van der Waals surface area contributed by atoms with Crippen molar-refractivity contribution in [1.82, 2.24) is 5.32 Å². The van der Waals surface area contributed by atoms with Crippen molar-refractivity contribution in [2.45, 2.75) is 13.1 Å². The minimum absolute atomic E-state index is 0.423. The van der Waals surface area contributed by atoms with Crippen LogP contribution in [-0.2, 0) is 0 Å². The van der Waals surface area contributed by atoms with E-state index < -0.39 is 6.17 Å². The Kier molecular flexibility index (Phi) is 4.56. The zero-order valence-corrected chi connectivity index (χ0v) is 5.15. The lowest BCUT2D eigenvalue weighted by molar-refractivity contribution is 0.349. The molecule has 0 aliphatic rings. The van der Waals surface area contributed by atoms with Crippen molar-refractivity contribution in [3.8, 4) is 0 Å². The van der Waals surface area contributed by atoms with Crippen molar-refractivity contribution < 1.29 is 4.39 Å². The molecule has 0 amide bonds. The summed E-state index contributed by atoms with van der Waals surface area (Å²) in [7, 11) is 0. The van der Waals surface area contributed by atoms with E-state index in [1.807, 2.05) is 0 Å². The predicted octanol–water partition coefficient (Wildman–Crippen LogP) is 1.12. The maximum absolute atomic E-state index is 11.9. The molecule has 48 valence electrons. The first-order valence-electron chi connectivity index (χ1n) is 2.73. The summed E-state index contributed by atoms with van der Waals surface area (Å²) in [5, 5.41) is 2.84. The van der Waals surface area contributed by atoms with Gasteiger partial charge in [0, 0.05) is 13.1 Å². The van der Waals surface area contributed by atoms with E-state index in [4.69, 9.17) is 0 Å². The molecule has 0 spiro atoms. The van der Waals surface area contributed by atoms with Gasteiger partial charge in [-0.25, -0.2) is 4.39 Å². The van der Waals surface area contributed by atoms with Crippen molar-refractivity contribution in [1.29, 1.82) is 0 Å².